The first-order valence-corrected chi connectivity index (χ1v) is 8.89. The zero-order chi connectivity index (χ0) is 19.8. The number of aromatic nitrogens is 4. The highest BCUT2D eigenvalue weighted by Gasteiger charge is 2.26. The van der Waals surface area contributed by atoms with E-state index in [1.807, 2.05) is 0 Å². The second-order valence-electron chi connectivity index (χ2n) is 6.40. The quantitative estimate of drug-likeness (QED) is 0.682. The molecule has 148 valence electrons. The van der Waals surface area contributed by atoms with Crippen LogP contribution in [0, 0.1) is 11.6 Å². The Morgan fingerprint density at radius 3 is 2.86 bits per heavy atom. The molecule has 0 bridgehead atoms. The van der Waals surface area contributed by atoms with Crippen LogP contribution in [0.4, 0.5) is 30.8 Å². The van der Waals surface area contributed by atoms with Gasteiger partial charge in [0, 0.05) is 19.7 Å². The Bertz CT molecular complexity index is 1010. The molecule has 2 aromatic heterocycles. The molecule has 1 fully saturated rings. The Hall–Kier alpha value is -2.59. The molecule has 0 unspecified atom stereocenters. The lowest BCUT2D eigenvalue weighted by molar-refractivity contribution is 0.0284. The van der Waals surface area contributed by atoms with Crippen LogP contribution in [0.25, 0.3) is 11.2 Å². The number of halogens is 4. The summed E-state index contributed by atoms with van der Waals surface area (Å²) in [7, 11) is 1.66. The summed E-state index contributed by atoms with van der Waals surface area (Å²) in [5.74, 6) is -1.14. The van der Waals surface area contributed by atoms with Crippen molar-refractivity contribution in [1.29, 1.82) is 0 Å². The number of alkyl halides is 1. The second-order valence-corrected chi connectivity index (χ2v) is 6.80. The first-order valence-electron chi connectivity index (χ1n) is 8.52. The molecule has 0 radical (unpaired) electrons. The fourth-order valence-corrected chi connectivity index (χ4v) is 3.21. The topological polar surface area (TPSA) is 76.9 Å². The van der Waals surface area contributed by atoms with E-state index in [0.717, 1.165) is 12.1 Å². The predicted octanol–water partition coefficient (Wildman–Crippen LogP) is 3.58. The Balaban J connectivity index is 1.62. The number of rotatable bonds is 4. The number of benzene rings is 1. The smallest absolute Gasteiger partial charge is 0.225 e. The van der Waals surface area contributed by atoms with Gasteiger partial charge in [0.2, 0.25) is 11.9 Å². The molecule has 7 nitrogen and oxygen atoms in total. The highest BCUT2D eigenvalue weighted by molar-refractivity contribution is 6.33. The Morgan fingerprint density at radius 1 is 1.29 bits per heavy atom. The Morgan fingerprint density at radius 2 is 2.11 bits per heavy atom. The van der Waals surface area contributed by atoms with E-state index in [9.17, 15) is 13.2 Å². The van der Waals surface area contributed by atoms with Crippen LogP contribution in [0.1, 0.15) is 6.42 Å². The van der Waals surface area contributed by atoms with Gasteiger partial charge in [0.25, 0.3) is 0 Å². The molecule has 3 aromatic rings. The normalized spacial score (nSPS) is 19.8. The van der Waals surface area contributed by atoms with E-state index in [1.54, 1.807) is 11.6 Å². The van der Waals surface area contributed by atoms with E-state index in [1.165, 1.54) is 6.20 Å². The van der Waals surface area contributed by atoms with Crippen molar-refractivity contribution in [2.45, 2.75) is 18.6 Å². The number of fused-ring (bicyclic) bond motifs is 1. The highest BCUT2D eigenvalue weighted by atomic mass is 35.5. The lowest BCUT2D eigenvalue weighted by Gasteiger charge is -2.26. The first kappa shape index (κ1) is 18.8. The van der Waals surface area contributed by atoms with Crippen LogP contribution >= 0.6 is 11.6 Å². The zero-order valence-electron chi connectivity index (χ0n) is 14.7. The predicted molar refractivity (Wildman–Crippen MR) is 98.7 cm³/mol. The van der Waals surface area contributed by atoms with Gasteiger partial charge in [0.05, 0.1) is 29.6 Å². The van der Waals surface area contributed by atoms with Crippen molar-refractivity contribution in [1.82, 2.24) is 19.5 Å². The average molecular weight is 413 g/mol. The summed E-state index contributed by atoms with van der Waals surface area (Å²) in [6.07, 6.45) is 0.828. The maximum absolute atomic E-state index is 14.0. The van der Waals surface area contributed by atoms with Crippen LogP contribution in [-0.4, -0.2) is 44.9 Å². The zero-order valence-corrected chi connectivity index (χ0v) is 15.5. The summed E-state index contributed by atoms with van der Waals surface area (Å²) < 4.78 is 47.8. The van der Waals surface area contributed by atoms with Crippen molar-refractivity contribution in [2.75, 3.05) is 23.8 Å². The lowest BCUT2D eigenvalue weighted by Crippen LogP contribution is -2.39. The third kappa shape index (κ3) is 3.57. The van der Waals surface area contributed by atoms with Crippen molar-refractivity contribution in [3.63, 3.8) is 0 Å². The van der Waals surface area contributed by atoms with Gasteiger partial charge in [-0.2, -0.15) is 4.98 Å². The van der Waals surface area contributed by atoms with E-state index in [4.69, 9.17) is 16.3 Å². The SMILES string of the molecule is Cn1c(Nc2c(F)cc(F)cc2Cl)nc2cnc(N[C@H]3CCOC[C@H]3F)nc21. The molecule has 0 aliphatic carbocycles. The van der Waals surface area contributed by atoms with Gasteiger partial charge >= 0.3 is 0 Å². The Labute approximate surface area is 162 Å². The number of imidazole rings is 1. The fraction of sp³-hybridized carbons (Fsp3) is 0.353. The van der Waals surface area contributed by atoms with Gasteiger partial charge in [-0.15, -0.1) is 0 Å². The maximum atomic E-state index is 14.0. The summed E-state index contributed by atoms with van der Waals surface area (Å²) in [4.78, 5) is 12.8. The number of hydrogen-bond donors (Lipinski definition) is 2. The minimum absolute atomic E-state index is 0.0314. The second kappa shape index (κ2) is 7.44. The van der Waals surface area contributed by atoms with E-state index in [-0.39, 0.29) is 29.2 Å². The third-order valence-corrected chi connectivity index (χ3v) is 4.75. The molecule has 2 N–H and O–H groups in total. The minimum atomic E-state index is -1.15. The van der Waals surface area contributed by atoms with Crippen molar-refractivity contribution >= 4 is 40.3 Å². The molecule has 1 aliphatic heterocycles. The summed E-state index contributed by atoms with van der Waals surface area (Å²) in [5.41, 5.74) is 0.786. The molecule has 28 heavy (non-hydrogen) atoms. The van der Waals surface area contributed by atoms with Gasteiger partial charge in [0.15, 0.2) is 11.5 Å². The molecule has 0 saturated carbocycles. The number of hydrogen-bond acceptors (Lipinski definition) is 6. The summed E-state index contributed by atoms with van der Waals surface area (Å²) in [5, 5.41) is 5.60. The van der Waals surface area contributed by atoms with Crippen LogP contribution in [0.2, 0.25) is 5.02 Å². The standard InChI is InChI=1S/C17H16ClF3N6O/c1-27-15-13(6-22-16(26-15)23-12-2-3-28-7-11(12)21)24-17(27)25-14-9(18)4-8(19)5-10(14)20/h4-6,11-12H,2-3,7H2,1H3,(H,24,25)(H,22,23,26)/t11-,12+/m1/s1. The van der Waals surface area contributed by atoms with Crippen LogP contribution in [0.5, 0.6) is 0 Å². The van der Waals surface area contributed by atoms with E-state index < -0.39 is 23.8 Å². The number of aryl methyl sites for hydroxylation is 1. The number of anilines is 3. The molecule has 11 heteroatoms. The van der Waals surface area contributed by atoms with E-state index >= 15 is 0 Å². The molecule has 1 aromatic carbocycles. The summed E-state index contributed by atoms with van der Waals surface area (Å²) in [6, 6.07) is 1.28. The van der Waals surface area contributed by atoms with Crippen molar-refractivity contribution < 1.29 is 17.9 Å². The highest BCUT2D eigenvalue weighted by Crippen LogP contribution is 2.30. The molecular formula is C17H16ClF3N6O. The van der Waals surface area contributed by atoms with E-state index in [0.29, 0.717) is 24.2 Å². The monoisotopic (exact) mass is 412 g/mol. The third-order valence-electron chi connectivity index (χ3n) is 4.46. The lowest BCUT2D eigenvalue weighted by atomic mass is 10.1. The van der Waals surface area contributed by atoms with Crippen molar-refractivity contribution in [3.05, 3.63) is 35.0 Å². The number of nitrogens with one attached hydrogen (secondary N) is 2. The molecule has 2 atom stereocenters. The summed E-state index contributed by atoms with van der Waals surface area (Å²) in [6.45, 7) is 0.494. The first-order chi connectivity index (χ1) is 13.4. The van der Waals surface area contributed by atoms with Crippen LogP contribution in [-0.2, 0) is 11.8 Å². The average Bonchev–Trinajstić information content (AvgIpc) is 2.96. The molecule has 0 spiro atoms. The van der Waals surface area contributed by atoms with Crippen molar-refractivity contribution in [2.24, 2.45) is 7.05 Å². The molecular weight excluding hydrogens is 397 g/mol. The largest absolute Gasteiger partial charge is 0.378 e. The van der Waals surface area contributed by atoms with Crippen LogP contribution < -0.4 is 10.6 Å². The summed E-state index contributed by atoms with van der Waals surface area (Å²) >= 11 is 5.92. The van der Waals surface area contributed by atoms with Gasteiger partial charge in [-0.25, -0.2) is 23.1 Å². The van der Waals surface area contributed by atoms with Gasteiger partial charge in [-0.1, -0.05) is 11.6 Å². The molecule has 3 heterocycles. The fourth-order valence-electron chi connectivity index (χ4n) is 2.97. The minimum Gasteiger partial charge on any atom is -0.378 e. The van der Waals surface area contributed by atoms with Gasteiger partial charge in [-0.3, -0.25) is 4.57 Å². The van der Waals surface area contributed by atoms with Crippen molar-refractivity contribution in [3.8, 4) is 0 Å². The molecule has 4 rings (SSSR count). The molecule has 1 aliphatic rings. The van der Waals surface area contributed by atoms with Crippen LogP contribution in [0.15, 0.2) is 18.3 Å². The Kier molecular flexibility index (Phi) is 4.98. The van der Waals surface area contributed by atoms with Gasteiger partial charge in [-0.05, 0) is 12.5 Å². The number of nitrogens with zero attached hydrogens (tertiary/aromatic N) is 4. The maximum Gasteiger partial charge on any atom is 0.225 e. The van der Waals surface area contributed by atoms with Gasteiger partial charge in [0.1, 0.15) is 17.5 Å². The number of ether oxygens (including phenoxy) is 1. The van der Waals surface area contributed by atoms with E-state index in [2.05, 4.69) is 25.6 Å². The van der Waals surface area contributed by atoms with Crippen LogP contribution in [0.3, 0.4) is 0 Å². The van der Waals surface area contributed by atoms with Gasteiger partial charge < -0.3 is 15.4 Å². The molecule has 0 amide bonds. The molecule has 1 saturated heterocycles.